The highest BCUT2D eigenvalue weighted by atomic mass is 32.1. The number of carbonyl (C=O) groups is 1. The van der Waals surface area contributed by atoms with Gasteiger partial charge in [-0.05, 0) is 32.2 Å². The Morgan fingerprint density at radius 1 is 1.10 bits per heavy atom. The van der Waals surface area contributed by atoms with Gasteiger partial charge in [-0.3, -0.25) is 14.7 Å². The van der Waals surface area contributed by atoms with E-state index in [4.69, 9.17) is 10.5 Å². The van der Waals surface area contributed by atoms with E-state index in [9.17, 15) is 18.0 Å². The lowest BCUT2D eigenvalue weighted by Crippen LogP contribution is -2.37. The summed E-state index contributed by atoms with van der Waals surface area (Å²) >= 11 is 2.01. The van der Waals surface area contributed by atoms with Crippen LogP contribution in [0.2, 0.25) is 0 Å². The van der Waals surface area contributed by atoms with E-state index >= 15 is 8.78 Å². The van der Waals surface area contributed by atoms with Gasteiger partial charge in [-0.15, -0.1) is 11.3 Å². The van der Waals surface area contributed by atoms with Crippen LogP contribution in [0, 0.1) is 17.5 Å². The predicted molar refractivity (Wildman–Crippen MR) is 185 cm³/mol. The van der Waals surface area contributed by atoms with Gasteiger partial charge in [-0.2, -0.15) is 9.97 Å². The fourth-order valence-corrected chi connectivity index (χ4v) is 8.18. The second kappa shape index (κ2) is 14.2. The van der Waals surface area contributed by atoms with Crippen molar-refractivity contribution in [2.75, 3.05) is 51.0 Å². The van der Waals surface area contributed by atoms with Gasteiger partial charge in [0.2, 0.25) is 0 Å². The van der Waals surface area contributed by atoms with E-state index in [1.165, 1.54) is 48.6 Å². The Hall–Kier alpha value is -4.55. The molecule has 3 aliphatic heterocycles. The molecular weight excluding hydrogens is 714 g/mol. The van der Waals surface area contributed by atoms with Crippen molar-refractivity contribution in [3.05, 3.63) is 52.1 Å². The molecule has 8 rings (SSSR count). The second-order valence-corrected chi connectivity index (χ2v) is 14.4. The lowest BCUT2D eigenvalue weighted by molar-refractivity contribution is -0.127. The van der Waals surface area contributed by atoms with Crippen LogP contribution in [0.25, 0.3) is 38.5 Å². The molecule has 268 valence electrons. The first kappa shape index (κ1) is 34.9. The number of alkyl halides is 1. The van der Waals surface area contributed by atoms with Crippen LogP contribution in [0.5, 0.6) is 6.01 Å². The Labute approximate surface area is 296 Å². The van der Waals surface area contributed by atoms with Crippen LogP contribution in [0.4, 0.5) is 32.9 Å². The standard InChI is InChI=1S/C26H20F4N8O2S2.C7H12FN/c1-37(11-3-5-38(10-11)24(39)15(29)8-16-32-4-6-41-16)23-12-9-33-20(18(30)19(12)35-26(36-23)40-2)17-13(27)7-14(28)22-21(17)34-25(31)42-22;8-6-4-7-2-1-3-9(7)5-6/h4,6-9,11H,3,5,10H2,1-2H3,(H2,31,34);6-7H,1-5H2/b15-8-;. The number of benzene rings is 1. The Morgan fingerprint density at radius 3 is 2.67 bits per heavy atom. The van der Waals surface area contributed by atoms with E-state index in [-0.39, 0.29) is 62.8 Å². The van der Waals surface area contributed by atoms with Crippen LogP contribution in [0.3, 0.4) is 0 Å². The zero-order valence-electron chi connectivity index (χ0n) is 27.5. The highest BCUT2D eigenvalue weighted by molar-refractivity contribution is 7.22. The minimum atomic E-state index is -1.07. The minimum Gasteiger partial charge on any atom is -0.467 e. The van der Waals surface area contributed by atoms with Gasteiger partial charge in [0.1, 0.15) is 39.8 Å². The Kier molecular flexibility index (Phi) is 9.73. The Bertz CT molecular complexity index is 2120. The molecule has 0 saturated carbocycles. The number of aromatic nitrogens is 5. The summed E-state index contributed by atoms with van der Waals surface area (Å²) in [5.41, 5.74) is 4.54. The number of likely N-dealkylation sites (N-methyl/N-ethyl adjacent to an activating group) is 1. The van der Waals surface area contributed by atoms with Crippen LogP contribution >= 0.6 is 22.7 Å². The number of rotatable bonds is 6. The van der Waals surface area contributed by atoms with Gasteiger partial charge < -0.3 is 20.3 Å². The molecule has 0 spiro atoms. The molecule has 0 radical (unpaired) electrons. The van der Waals surface area contributed by atoms with Crippen LogP contribution in [0.1, 0.15) is 30.7 Å². The number of likely N-dealkylation sites (tertiary alicyclic amines) is 1. The normalized spacial score (nSPS) is 20.6. The first-order valence-corrected chi connectivity index (χ1v) is 17.8. The summed E-state index contributed by atoms with van der Waals surface area (Å²) in [6.45, 7) is 2.30. The summed E-state index contributed by atoms with van der Waals surface area (Å²) in [6.07, 6.45) is 7.17. The number of halogens is 5. The van der Waals surface area contributed by atoms with Crippen molar-refractivity contribution in [3.8, 4) is 17.3 Å². The average Bonchev–Trinajstić information content (AvgIpc) is 3.95. The number of hydrogen-bond acceptors (Lipinski definition) is 12. The lowest BCUT2D eigenvalue weighted by atomic mass is 10.1. The number of nitrogens with two attached hydrogens (primary N) is 1. The van der Waals surface area contributed by atoms with Crippen LogP contribution < -0.4 is 15.4 Å². The molecule has 1 aromatic carbocycles. The van der Waals surface area contributed by atoms with Crippen molar-refractivity contribution >= 4 is 66.7 Å². The van der Waals surface area contributed by atoms with Crippen molar-refractivity contribution < 1.29 is 31.5 Å². The van der Waals surface area contributed by atoms with E-state index in [0.29, 0.717) is 30.1 Å². The molecule has 3 atom stereocenters. The molecule has 0 bridgehead atoms. The number of hydrogen-bond donors (Lipinski definition) is 1. The summed E-state index contributed by atoms with van der Waals surface area (Å²) in [7, 11) is 2.99. The number of carbonyl (C=O) groups excluding carboxylic acids is 1. The molecule has 3 saturated heterocycles. The Balaban J connectivity index is 0.000000389. The minimum absolute atomic E-state index is 0.0208. The van der Waals surface area contributed by atoms with Gasteiger partial charge in [-0.25, -0.2) is 31.9 Å². The molecule has 4 aromatic heterocycles. The topological polar surface area (TPSA) is 126 Å². The van der Waals surface area contributed by atoms with E-state index in [1.807, 2.05) is 0 Å². The highest BCUT2D eigenvalue weighted by Crippen LogP contribution is 2.39. The van der Waals surface area contributed by atoms with Crippen LogP contribution in [-0.2, 0) is 4.79 Å². The van der Waals surface area contributed by atoms with Crippen molar-refractivity contribution in [2.24, 2.45) is 0 Å². The number of thiazole rings is 2. The number of methoxy groups -OCH3 is 1. The maximum atomic E-state index is 16.1. The number of ether oxygens (including phenoxy) is 1. The summed E-state index contributed by atoms with van der Waals surface area (Å²) in [5.74, 6) is -4.41. The number of nitrogens with zero attached hydrogens (tertiary/aromatic N) is 8. The fraction of sp³-hybridized carbons (Fsp3) is 0.394. The van der Waals surface area contributed by atoms with Crippen molar-refractivity contribution in [1.82, 2.24) is 34.7 Å². The molecule has 3 aliphatic rings. The van der Waals surface area contributed by atoms with Gasteiger partial charge in [-0.1, -0.05) is 11.3 Å². The molecule has 51 heavy (non-hydrogen) atoms. The molecule has 1 amide bonds. The van der Waals surface area contributed by atoms with E-state index in [1.54, 1.807) is 17.3 Å². The van der Waals surface area contributed by atoms with Gasteiger partial charge >= 0.3 is 6.01 Å². The molecule has 0 aliphatic carbocycles. The molecule has 18 heteroatoms. The van der Waals surface area contributed by atoms with Gasteiger partial charge in [0.05, 0.1) is 28.3 Å². The predicted octanol–water partition coefficient (Wildman–Crippen LogP) is 6.01. The van der Waals surface area contributed by atoms with Gasteiger partial charge in [0.15, 0.2) is 16.8 Å². The molecule has 11 nitrogen and oxygen atoms in total. The van der Waals surface area contributed by atoms with Crippen LogP contribution in [-0.4, -0.2) is 99.2 Å². The number of amides is 1. The molecule has 5 aromatic rings. The van der Waals surface area contributed by atoms with Crippen LogP contribution in [0.15, 0.2) is 29.7 Å². The largest absolute Gasteiger partial charge is 0.467 e. The quantitative estimate of drug-likeness (QED) is 0.163. The van der Waals surface area contributed by atoms with E-state index in [0.717, 1.165) is 30.4 Å². The number of anilines is 2. The first-order chi connectivity index (χ1) is 24.5. The van der Waals surface area contributed by atoms with Gasteiger partial charge in [0, 0.05) is 68.7 Å². The SMILES string of the molecule is COc1nc(N(C)C2CCN(C(=O)/C(F)=C/c3nccs3)C2)c2cnc(-c3c(F)cc(F)c4sc(N)nc34)c(F)c2n1.FC1CC2CCCN2C1. The average molecular weight is 746 g/mol. The zero-order chi connectivity index (χ0) is 36.0. The maximum Gasteiger partial charge on any atom is 0.318 e. The third-order valence-corrected chi connectivity index (χ3v) is 11.0. The molecule has 3 unspecified atom stereocenters. The van der Waals surface area contributed by atoms with Crippen molar-refractivity contribution in [3.63, 3.8) is 0 Å². The summed E-state index contributed by atoms with van der Waals surface area (Å²) < 4.78 is 77.9. The maximum absolute atomic E-state index is 16.1. The molecule has 3 fully saturated rings. The third-order valence-electron chi connectivity index (χ3n) is 9.35. The smallest absolute Gasteiger partial charge is 0.318 e. The molecule has 7 heterocycles. The summed E-state index contributed by atoms with van der Waals surface area (Å²) in [6, 6.07) is 0.744. The van der Waals surface area contributed by atoms with E-state index < -0.39 is 41.1 Å². The fourth-order valence-electron chi connectivity index (χ4n) is 6.88. The van der Waals surface area contributed by atoms with Gasteiger partial charge in [0.25, 0.3) is 5.91 Å². The Morgan fingerprint density at radius 2 is 1.92 bits per heavy atom. The number of nitrogen functional groups attached to an aromatic ring is 1. The van der Waals surface area contributed by atoms with Crippen molar-refractivity contribution in [2.45, 2.75) is 43.9 Å². The number of pyridine rings is 1. The lowest BCUT2D eigenvalue weighted by Gasteiger charge is -2.27. The number of fused-ring (bicyclic) bond motifs is 3. The molecule has 2 N–H and O–H groups in total. The second-order valence-electron chi connectivity index (χ2n) is 12.5. The summed E-state index contributed by atoms with van der Waals surface area (Å²) in [5, 5.41) is 2.21. The highest BCUT2D eigenvalue weighted by Gasteiger charge is 2.35. The third kappa shape index (κ3) is 6.79. The zero-order valence-corrected chi connectivity index (χ0v) is 29.1. The van der Waals surface area contributed by atoms with E-state index in [2.05, 4.69) is 29.8 Å². The van der Waals surface area contributed by atoms with Crippen molar-refractivity contribution in [1.29, 1.82) is 0 Å². The monoisotopic (exact) mass is 745 g/mol. The first-order valence-electron chi connectivity index (χ1n) is 16.1. The molecular formula is C33H32F5N9O2S2. The summed E-state index contributed by atoms with van der Waals surface area (Å²) in [4.78, 5) is 38.7.